The smallest absolute Gasteiger partial charge is 0.313 e. The average molecular weight is 393 g/mol. The Morgan fingerprint density at radius 1 is 1.21 bits per heavy atom. The second-order valence-electron chi connectivity index (χ2n) is 7.34. The molecule has 2 aromatic carbocycles. The Bertz CT molecular complexity index is 1000. The lowest BCUT2D eigenvalue weighted by Gasteiger charge is -2.26. The van der Waals surface area contributed by atoms with E-state index in [1.165, 1.54) is 0 Å². The van der Waals surface area contributed by atoms with Crippen LogP contribution in [0.25, 0.3) is 0 Å². The summed E-state index contributed by atoms with van der Waals surface area (Å²) in [6.07, 6.45) is 1.74. The zero-order chi connectivity index (χ0) is 20.5. The van der Waals surface area contributed by atoms with Crippen molar-refractivity contribution in [2.24, 2.45) is 0 Å². The topological polar surface area (TPSA) is 87.7 Å². The summed E-state index contributed by atoms with van der Waals surface area (Å²) in [5, 5.41) is 5.29. The molecule has 7 nitrogen and oxygen atoms in total. The molecule has 2 aliphatic rings. The van der Waals surface area contributed by atoms with Crippen LogP contribution in [-0.2, 0) is 27.3 Å². The first kappa shape index (κ1) is 19.0. The highest BCUT2D eigenvalue weighted by Gasteiger charge is 2.38. The number of carbonyl (C=O) groups excluding carboxylic acids is 3. The van der Waals surface area contributed by atoms with Crippen LogP contribution in [0.4, 0.5) is 11.4 Å². The van der Waals surface area contributed by atoms with Gasteiger partial charge in [0.2, 0.25) is 5.91 Å². The zero-order valence-corrected chi connectivity index (χ0v) is 16.5. The molecule has 0 saturated carbocycles. The summed E-state index contributed by atoms with van der Waals surface area (Å²) >= 11 is 0. The van der Waals surface area contributed by atoms with Gasteiger partial charge in [-0.15, -0.1) is 0 Å². The van der Waals surface area contributed by atoms with Gasteiger partial charge >= 0.3 is 11.8 Å². The Kier molecular flexibility index (Phi) is 4.96. The van der Waals surface area contributed by atoms with Crippen molar-refractivity contribution in [3.8, 4) is 5.75 Å². The number of methoxy groups -OCH3 is 1. The summed E-state index contributed by atoms with van der Waals surface area (Å²) < 4.78 is 5.25. The highest BCUT2D eigenvalue weighted by atomic mass is 16.5. The molecule has 0 radical (unpaired) electrons. The number of nitrogens with one attached hydrogen (secondary N) is 2. The fourth-order valence-corrected chi connectivity index (χ4v) is 4.06. The normalized spacial score (nSPS) is 17.0. The fourth-order valence-electron chi connectivity index (χ4n) is 4.06. The lowest BCUT2D eigenvalue weighted by Crippen LogP contribution is -2.35. The third-order valence-electron chi connectivity index (χ3n) is 5.52. The van der Waals surface area contributed by atoms with Crippen molar-refractivity contribution < 1.29 is 19.1 Å². The Morgan fingerprint density at radius 3 is 2.79 bits per heavy atom. The first-order valence-corrected chi connectivity index (χ1v) is 9.69. The van der Waals surface area contributed by atoms with Gasteiger partial charge in [-0.05, 0) is 49.1 Å². The predicted molar refractivity (Wildman–Crippen MR) is 109 cm³/mol. The molecule has 7 heteroatoms. The van der Waals surface area contributed by atoms with Crippen LogP contribution in [0, 0.1) is 0 Å². The van der Waals surface area contributed by atoms with Gasteiger partial charge in [-0.25, -0.2) is 0 Å². The summed E-state index contributed by atoms with van der Waals surface area (Å²) in [6.45, 7) is 2.80. The van der Waals surface area contributed by atoms with E-state index in [0.29, 0.717) is 11.4 Å². The maximum atomic E-state index is 12.5. The molecule has 0 fully saturated rings. The highest BCUT2D eigenvalue weighted by Crippen LogP contribution is 2.44. The zero-order valence-electron chi connectivity index (χ0n) is 16.5. The van der Waals surface area contributed by atoms with Gasteiger partial charge in [0.15, 0.2) is 0 Å². The van der Waals surface area contributed by atoms with Gasteiger partial charge in [0.25, 0.3) is 0 Å². The number of benzene rings is 2. The molecule has 0 aromatic heterocycles. The highest BCUT2D eigenvalue weighted by molar-refractivity contribution is 6.39. The lowest BCUT2D eigenvalue weighted by molar-refractivity contribution is -0.136. The van der Waals surface area contributed by atoms with E-state index >= 15 is 0 Å². The number of aryl methyl sites for hydroxylation is 1. The van der Waals surface area contributed by atoms with Crippen molar-refractivity contribution >= 4 is 29.1 Å². The molecule has 4 rings (SSSR count). The van der Waals surface area contributed by atoms with Gasteiger partial charge in [-0.3, -0.25) is 14.4 Å². The van der Waals surface area contributed by atoms with E-state index in [-0.39, 0.29) is 18.4 Å². The van der Waals surface area contributed by atoms with E-state index in [9.17, 15) is 14.4 Å². The summed E-state index contributed by atoms with van der Waals surface area (Å²) in [5.74, 6) is -0.960. The van der Waals surface area contributed by atoms with Gasteiger partial charge in [0, 0.05) is 24.3 Å². The molecular formula is C22H23N3O4. The number of hydrogen-bond donors (Lipinski definition) is 2. The number of carbonyl (C=O) groups is 3. The van der Waals surface area contributed by atoms with Crippen LogP contribution in [0.5, 0.6) is 5.75 Å². The molecule has 2 N–H and O–H groups in total. The fraction of sp³-hybridized carbons (Fsp3) is 0.318. The van der Waals surface area contributed by atoms with Crippen LogP contribution in [0.15, 0.2) is 36.4 Å². The molecule has 0 spiro atoms. The van der Waals surface area contributed by atoms with Crippen molar-refractivity contribution in [1.29, 1.82) is 0 Å². The average Bonchev–Trinajstić information content (AvgIpc) is 2.98. The molecule has 2 aromatic rings. The maximum absolute atomic E-state index is 12.5. The number of nitrogens with zero attached hydrogens (tertiary/aromatic N) is 1. The minimum Gasteiger partial charge on any atom is -0.496 e. The van der Waals surface area contributed by atoms with Gasteiger partial charge < -0.3 is 20.3 Å². The van der Waals surface area contributed by atoms with E-state index in [1.54, 1.807) is 19.2 Å². The van der Waals surface area contributed by atoms with Crippen LogP contribution >= 0.6 is 0 Å². The largest absolute Gasteiger partial charge is 0.496 e. The Morgan fingerprint density at radius 2 is 2.00 bits per heavy atom. The second kappa shape index (κ2) is 7.58. The first-order chi connectivity index (χ1) is 14.0. The molecule has 0 aliphatic carbocycles. The van der Waals surface area contributed by atoms with Crippen LogP contribution < -0.4 is 20.3 Å². The predicted octanol–water partition coefficient (Wildman–Crippen LogP) is 2.35. The van der Waals surface area contributed by atoms with Gasteiger partial charge in [-0.2, -0.15) is 0 Å². The van der Waals surface area contributed by atoms with Crippen molar-refractivity contribution in [2.75, 3.05) is 23.9 Å². The number of hydrogen-bond acceptors (Lipinski definition) is 4. The minimum atomic E-state index is -0.739. The molecule has 29 heavy (non-hydrogen) atoms. The summed E-state index contributed by atoms with van der Waals surface area (Å²) in [4.78, 5) is 38.9. The molecule has 3 amide bonds. The molecule has 0 saturated heterocycles. The second-order valence-corrected chi connectivity index (χ2v) is 7.34. The molecule has 2 heterocycles. The third-order valence-corrected chi connectivity index (χ3v) is 5.52. The quantitative estimate of drug-likeness (QED) is 0.781. The Labute approximate surface area is 169 Å². The van der Waals surface area contributed by atoms with Crippen LogP contribution in [0.3, 0.4) is 0 Å². The molecular weight excluding hydrogens is 370 g/mol. The molecule has 1 atom stereocenters. The Hall–Kier alpha value is -3.35. The van der Waals surface area contributed by atoms with E-state index in [4.69, 9.17) is 4.74 Å². The summed E-state index contributed by atoms with van der Waals surface area (Å²) in [6, 6.07) is 11.0. The van der Waals surface area contributed by atoms with Gasteiger partial charge in [-0.1, -0.05) is 18.2 Å². The first-order valence-electron chi connectivity index (χ1n) is 9.69. The number of para-hydroxylation sites is 1. The van der Waals surface area contributed by atoms with E-state index in [1.807, 2.05) is 36.1 Å². The van der Waals surface area contributed by atoms with Crippen molar-refractivity contribution in [1.82, 2.24) is 5.32 Å². The van der Waals surface area contributed by atoms with Gasteiger partial charge in [0.1, 0.15) is 5.75 Å². The van der Waals surface area contributed by atoms with Crippen LogP contribution in [-0.4, -0.2) is 31.4 Å². The number of rotatable bonds is 4. The Balaban J connectivity index is 1.46. The van der Waals surface area contributed by atoms with E-state index in [0.717, 1.165) is 41.8 Å². The molecule has 0 bridgehead atoms. The van der Waals surface area contributed by atoms with E-state index in [2.05, 4.69) is 10.6 Å². The van der Waals surface area contributed by atoms with Gasteiger partial charge in [0.05, 0.1) is 18.7 Å². The third kappa shape index (κ3) is 3.44. The minimum absolute atomic E-state index is 0.0963. The standard InChI is InChI=1S/C22H23N3O4/c1-13-17-11-16(10-14-7-5-9-25(19(14)17)22(13)28)24-21(27)20(26)23-12-15-6-3-4-8-18(15)29-2/h3-4,6,8,10-11,13H,5,7,9,12H2,1-2H3,(H,23,26)(H,24,27). The maximum Gasteiger partial charge on any atom is 0.313 e. The molecule has 150 valence electrons. The number of amides is 3. The van der Waals surface area contributed by atoms with Crippen molar-refractivity contribution in [2.45, 2.75) is 32.2 Å². The number of ether oxygens (including phenoxy) is 1. The van der Waals surface area contributed by atoms with Crippen molar-refractivity contribution in [3.05, 3.63) is 53.1 Å². The summed E-state index contributed by atoms with van der Waals surface area (Å²) in [7, 11) is 1.56. The van der Waals surface area contributed by atoms with E-state index < -0.39 is 11.8 Å². The SMILES string of the molecule is COc1ccccc1CNC(=O)C(=O)Nc1cc2c3c(c1)C(C)C(=O)N3CCC2. The molecule has 1 unspecified atom stereocenters. The lowest BCUT2D eigenvalue weighted by atomic mass is 9.96. The van der Waals surface area contributed by atoms with Crippen LogP contribution in [0.1, 0.15) is 36.0 Å². The van der Waals surface area contributed by atoms with Crippen molar-refractivity contribution in [3.63, 3.8) is 0 Å². The van der Waals surface area contributed by atoms with Crippen LogP contribution in [0.2, 0.25) is 0 Å². The monoisotopic (exact) mass is 393 g/mol. The molecule has 2 aliphatic heterocycles. The summed E-state index contributed by atoms with van der Waals surface area (Å²) in [5.41, 5.74) is 4.26. The number of anilines is 2.